The highest BCUT2D eigenvalue weighted by Crippen LogP contribution is 2.27. The molecule has 1 aromatic carbocycles. The van der Waals surface area contributed by atoms with Crippen molar-refractivity contribution in [2.24, 2.45) is 5.73 Å². The Morgan fingerprint density at radius 1 is 0.952 bits per heavy atom. The number of ether oxygens (including phenoxy) is 2. The van der Waals surface area contributed by atoms with Gasteiger partial charge < -0.3 is 61.3 Å². The van der Waals surface area contributed by atoms with Crippen molar-refractivity contribution in [1.29, 1.82) is 0 Å². The number of aromatic amines is 1. The molecule has 3 saturated heterocycles. The summed E-state index contributed by atoms with van der Waals surface area (Å²) in [6, 6.07) is 1.40. The molecule has 340 valence electrons. The number of aromatic nitrogens is 1. The molecule has 0 spiro atoms. The number of nitrogens with two attached hydrogens (primary N) is 1. The number of para-hydroxylation sites is 1. The molecule has 20 nitrogen and oxygen atoms in total. The number of carbonyl (C=O) groups excluding carboxylic acids is 7. The Balaban J connectivity index is 1.30. The Hall–Kier alpha value is -4.90. The van der Waals surface area contributed by atoms with E-state index in [9.17, 15) is 43.5 Å². The second-order valence-electron chi connectivity index (χ2n) is 16.0. The average Bonchev–Trinajstić information content (AvgIpc) is 3.86. The summed E-state index contributed by atoms with van der Waals surface area (Å²) in [6.45, 7) is 4.76. The molecule has 1 aromatic heterocycles. The summed E-state index contributed by atoms with van der Waals surface area (Å²) in [6.07, 6.45) is 2.02. The zero-order valence-electron chi connectivity index (χ0n) is 35.0. The number of H-pyrrole nitrogens is 1. The van der Waals surface area contributed by atoms with E-state index < -0.39 is 96.6 Å². The number of aliphatic carboxylic acids is 1. The topological polar surface area (TPSA) is 280 Å². The molecule has 3 fully saturated rings. The van der Waals surface area contributed by atoms with Gasteiger partial charge in [-0.05, 0) is 32.3 Å². The van der Waals surface area contributed by atoms with E-state index in [0.717, 1.165) is 47.0 Å². The van der Waals surface area contributed by atoms with E-state index in [-0.39, 0.29) is 43.9 Å². The van der Waals surface area contributed by atoms with Gasteiger partial charge in [-0.3, -0.25) is 38.4 Å². The van der Waals surface area contributed by atoms with Crippen LogP contribution in [0.4, 0.5) is 0 Å². The Morgan fingerprint density at radius 2 is 1.69 bits per heavy atom. The third-order valence-corrected chi connectivity index (χ3v) is 13.6. The van der Waals surface area contributed by atoms with Crippen molar-refractivity contribution < 1.29 is 57.4 Å². The number of amides is 7. The van der Waals surface area contributed by atoms with Gasteiger partial charge in [0.25, 0.3) is 0 Å². The van der Waals surface area contributed by atoms with Crippen LogP contribution < -0.4 is 32.3 Å². The zero-order valence-corrected chi connectivity index (χ0v) is 36.6. The maximum absolute atomic E-state index is 14.0. The van der Waals surface area contributed by atoms with Crippen molar-refractivity contribution in [3.63, 3.8) is 0 Å². The van der Waals surface area contributed by atoms with Crippen LogP contribution >= 0.6 is 21.6 Å². The number of rotatable bonds is 11. The number of primary amides is 1. The van der Waals surface area contributed by atoms with Gasteiger partial charge in [0.2, 0.25) is 41.4 Å². The molecule has 7 amide bonds. The minimum Gasteiger partial charge on any atom is -0.481 e. The number of benzene rings is 1. The van der Waals surface area contributed by atoms with E-state index in [2.05, 4.69) is 38.6 Å². The SMILES string of the molecule is CC1NC(=O)C(CC(=O)O)NC(=O)CNC(=O)C(CCCC[N+]2(C)CCOCC2)NC(=O)CCSSCC(C(N)=O)NC(=O)C2CC(OCc3c[nH]c4ccccc34)CN2C1=O. The molecular formula is C40H58N9O11S2+. The van der Waals surface area contributed by atoms with Gasteiger partial charge in [-0.1, -0.05) is 39.8 Å². The molecule has 0 saturated carbocycles. The quantitative estimate of drug-likeness (QED) is 0.0774. The molecule has 4 heterocycles. The van der Waals surface area contributed by atoms with Gasteiger partial charge in [0.1, 0.15) is 43.3 Å². The van der Waals surface area contributed by atoms with E-state index in [4.69, 9.17) is 15.2 Å². The molecule has 0 aliphatic carbocycles. The lowest BCUT2D eigenvalue weighted by molar-refractivity contribution is -0.917. The Kier molecular flexibility index (Phi) is 17.8. The number of nitrogens with zero attached hydrogens (tertiary/aromatic N) is 2. The first-order chi connectivity index (χ1) is 29.6. The number of carbonyl (C=O) groups is 8. The molecule has 0 radical (unpaired) electrons. The fraction of sp³-hybridized carbons (Fsp3) is 0.600. The first-order valence-electron chi connectivity index (χ1n) is 20.7. The summed E-state index contributed by atoms with van der Waals surface area (Å²) >= 11 is 0. The van der Waals surface area contributed by atoms with Crippen molar-refractivity contribution in [2.45, 2.75) is 88.4 Å². The van der Waals surface area contributed by atoms with Gasteiger partial charge in [-0.2, -0.15) is 0 Å². The van der Waals surface area contributed by atoms with E-state index >= 15 is 0 Å². The smallest absolute Gasteiger partial charge is 0.305 e. The highest BCUT2D eigenvalue weighted by molar-refractivity contribution is 8.76. The standard InChI is InChI=1S/C40H57N9O11S2/c1-24-40(58)48-21-26(60-22-25-19-42-28-8-4-3-7-27(25)28)17-32(48)39(57)47-31(36(41)54)23-62-61-16-10-33(50)45-29(9-5-6-11-49(2)12-14-59-15-13-49)37(55)43-20-34(51)46-30(18-35(52)53)38(56)44-24/h3-4,7-8,19,24,26,29-32,42H,5-6,9-18,20-23H2,1-2H3,(H7-,41,43,44,45,46,47,50,51,52,53,54,55,56,57)/p+1. The number of unbranched alkanes of at least 4 members (excludes halogenated alkanes) is 1. The minimum atomic E-state index is -1.65. The fourth-order valence-electron chi connectivity index (χ4n) is 7.57. The highest BCUT2D eigenvalue weighted by atomic mass is 33.1. The van der Waals surface area contributed by atoms with Crippen LogP contribution in [0.2, 0.25) is 0 Å². The van der Waals surface area contributed by atoms with Crippen LogP contribution in [0.1, 0.15) is 51.0 Å². The van der Waals surface area contributed by atoms with Crippen LogP contribution in [-0.4, -0.2) is 168 Å². The third kappa shape index (κ3) is 14.1. The molecule has 5 rings (SSSR count). The minimum absolute atomic E-state index is 0.00768. The van der Waals surface area contributed by atoms with Crippen molar-refractivity contribution in [3.8, 4) is 0 Å². The molecule has 0 bridgehead atoms. The molecule has 2 aromatic rings. The van der Waals surface area contributed by atoms with E-state index in [1.54, 1.807) is 0 Å². The summed E-state index contributed by atoms with van der Waals surface area (Å²) in [5.41, 5.74) is 7.46. The van der Waals surface area contributed by atoms with E-state index in [0.29, 0.717) is 19.6 Å². The molecule has 3 aliphatic heterocycles. The number of carboxylic acid groups (broad SMARTS) is 1. The lowest BCUT2D eigenvalue weighted by atomic mass is 10.1. The predicted octanol–water partition coefficient (Wildman–Crippen LogP) is -0.878. The number of hydrogen-bond acceptors (Lipinski definition) is 12. The second kappa shape index (κ2) is 23.0. The lowest BCUT2D eigenvalue weighted by Gasteiger charge is -2.37. The Labute approximate surface area is 367 Å². The number of morpholine rings is 1. The van der Waals surface area contributed by atoms with Crippen LogP contribution in [0, 0.1) is 0 Å². The molecular weight excluding hydrogens is 847 g/mol. The summed E-state index contributed by atoms with van der Waals surface area (Å²) in [5.74, 6) is -6.22. The van der Waals surface area contributed by atoms with Crippen LogP contribution in [0.15, 0.2) is 30.5 Å². The number of quaternary nitrogens is 1. The van der Waals surface area contributed by atoms with Crippen LogP contribution in [0.5, 0.6) is 0 Å². The van der Waals surface area contributed by atoms with Gasteiger partial charge in [0.05, 0.1) is 52.5 Å². The first kappa shape index (κ1) is 48.1. The van der Waals surface area contributed by atoms with E-state index in [1.807, 2.05) is 30.5 Å². The normalized spacial score (nSPS) is 26.4. The van der Waals surface area contributed by atoms with Crippen LogP contribution in [0.25, 0.3) is 10.9 Å². The van der Waals surface area contributed by atoms with Gasteiger partial charge >= 0.3 is 5.97 Å². The number of hydrogen-bond donors (Lipinski definition) is 8. The lowest BCUT2D eigenvalue weighted by Crippen LogP contribution is -2.58. The number of nitrogens with one attached hydrogen (secondary N) is 6. The summed E-state index contributed by atoms with van der Waals surface area (Å²) in [5, 5.41) is 23.2. The third-order valence-electron chi connectivity index (χ3n) is 11.2. The summed E-state index contributed by atoms with van der Waals surface area (Å²) < 4.78 is 12.5. The summed E-state index contributed by atoms with van der Waals surface area (Å²) in [7, 11) is 4.63. The molecule has 3 aliphatic rings. The molecule has 6 atom stereocenters. The number of carboxylic acids is 1. The van der Waals surface area contributed by atoms with E-state index in [1.165, 1.54) is 33.4 Å². The monoisotopic (exact) mass is 904 g/mol. The van der Waals surface area contributed by atoms with Crippen molar-refractivity contribution >= 4 is 79.8 Å². The Bertz CT molecular complexity index is 1940. The maximum atomic E-state index is 14.0. The largest absolute Gasteiger partial charge is 0.481 e. The maximum Gasteiger partial charge on any atom is 0.305 e. The van der Waals surface area contributed by atoms with Gasteiger partial charge in [0, 0.05) is 53.6 Å². The average molecular weight is 905 g/mol. The Morgan fingerprint density at radius 3 is 2.44 bits per heavy atom. The molecule has 6 unspecified atom stereocenters. The zero-order chi connectivity index (χ0) is 44.8. The molecule has 62 heavy (non-hydrogen) atoms. The van der Waals surface area contributed by atoms with Crippen LogP contribution in [-0.2, 0) is 54.4 Å². The highest BCUT2D eigenvalue weighted by Gasteiger charge is 2.43. The van der Waals surface area contributed by atoms with Crippen LogP contribution in [0.3, 0.4) is 0 Å². The van der Waals surface area contributed by atoms with Gasteiger partial charge in [-0.15, -0.1) is 0 Å². The summed E-state index contributed by atoms with van der Waals surface area (Å²) in [4.78, 5) is 110. The van der Waals surface area contributed by atoms with Gasteiger partial charge in [0.15, 0.2) is 0 Å². The van der Waals surface area contributed by atoms with Crippen molar-refractivity contribution in [1.82, 2.24) is 36.5 Å². The molecule has 22 heteroatoms. The number of fused-ring (bicyclic) bond motifs is 2. The molecule has 9 N–H and O–H groups in total. The first-order valence-corrected chi connectivity index (χ1v) is 23.2. The predicted molar refractivity (Wildman–Crippen MR) is 230 cm³/mol. The fourth-order valence-corrected chi connectivity index (χ4v) is 9.74. The van der Waals surface area contributed by atoms with Crippen molar-refractivity contribution in [3.05, 3.63) is 36.0 Å². The van der Waals surface area contributed by atoms with Gasteiger partial charge in [-0.25, -0.2) is 0 Å². The number of likely N-dealkylation sites (N-methyl/N-ethyl adjacent to an activating group) is 1. The second-order valence-corrected chi connectivity index (χ2v) is 18.7. The van der Waals surface area contributed by atoms with Crippen molar-refractivity contribution in [2.75, 3.05) is 64.5 Å².